The predicted octanol–water partition coefficient (Wildman–Crippen LogP) is 2.90. The summed E-state index contributed by atoms with van der Waals surface area (Å²) < 4.78 is 20.4. The van der Waals surface area contributed by atoms with Crippen LogP contribution in [0, 0.1) is 0 Å². The Labute approximate surface area is 115 Å². The Morgan fingerprint density at radius 3 is 2.68 bits per heavy atom. The Hall–Kier alpha value is -1.46. The van der Waals surface area contributed by atoms with Crippen LogP contribution in [0.2, 0.25) is 5.02 Å². The molecule has 2 rings (SSSR count). The lowest BCUT2D eigenvalue weighted by molar-refractivity contribution is 0.0166. The van der Waals surface area contributed by atoms with Crippen LogP contribution in [0.25, 0.3) is 0 Å². The van der Waals surface area contributed by atoms with Crippen molar-refractivity contribution in [3.63, 3.8) is 0 Å². The Balaban J connectivity index is 2.25. The van der Waals surface area contributed by atoms with Crippen LogP contribution >= 0.6 is 11.6 Å². The van der Waals surface area contributed by atoms with E-state index in [1.807, 2.05) is 6.92 Å². The summed E-state index contributed by atoms with van der Waals surface area (Å²) in [5.41, 5.74) is -0.567. The first-order valence-electron chi connectivity index (χ1n) is 6.02. The van der Waals surface area contributed by atoms with E-state index in [9.17, 15) is 0 Å². The maximum Gasteiger partial charge on any atom is 0.164 e. The highest BCUT2D eigenvalue weighted by Crippen LogP contribution is 2.31. The summed E-state index contributed by atoms with van der Waals surface area (Å²) >= 11 is 5.83. The number of H-pyrrole nitrogens is 1. The third-order valence-corrected chi connectivity index (χ3v) is 3.08. The third kappa shape index (κ3) is 3.52. The lowest BCUT2D eigenvalue weighted by Crippen LogP contribution is -2.29. The zero-order valence-corrected chi connectivity index (χ0v) is 11.3. The summed E-state index contributed by atoms with van der Waals surface area (Å²) in [7, 11) is 0. The number of rotatable bonds is 6. The van der Waals surface area contributed by atoms with Crippen molar-refractivity contribution >= 4 is 11.6 Å². The fourth-order valence-electron chi connectivity index (χ4n) is 1.85. The molecule has 102 valence electrons. The van der Waals surface area contributed by atoms with E-state index in [4.69, 9.17) is 16.3 Å². The molecule has 0 saturated carbocycles. The number of aromatic nitrogens is 3. The number of hydrogen-bond donors (Lipinski definition) is 1. The van der Waals surface area contributed by atoms with Gasteiger partial charge in [-0.2, -0.15) is 0 Å². The van der Waals surface area contributed by atoms with Crippen molar-refractivity contribution in [2.75, 3.05) is 13.2 Å². The first-order chi connectivity index (χ1) is 9.14. The number of hydrogen-bond acceptors (Lipinski definition) is 3. The van der Waals surface area contributed by atoms with Gasteiger partial charge in [-0.1, -0.05) is 28.9 Å². The molecule has 1 aromatic carbocycles. The van der Waals surface area contributed by atoms with E-state index in [0.29, 0.717) is 22.9 Å². The molecule has 0 amide bonds. The average Bonchev–Trinajstić information content (AvgIpc) is 2.90. The molecule has 1 unspecified atom stereocenters. The molecule has 4 nitrogen and oxygen atoms in total. The monoisotopic (exact) mass is 283 g/mol. The number of aromatic amines is 1. The Morgan fingerprint density at radius 2 is 2.11 bits per heavy atom. The van der Waals surface area contributed by atoms with Gasteiger partial charge in [0.25, 0.3) is 0 Å². The van der Waals surface area contributed by atoms with Crippen LogP contribution in [0.1, 0.15) is 18.2 Å². The number of alkyl halides is 1. The van der Waals surface area contributed by atoms with Crippen molar-refractivity contribution in [3.8, 4) is 0 Å². The first-order valence-corrected chi connectivity index (χ1v) is 6.40. The molecular weight excluding hydrogens is 269 g/mol. The predicted molar refractivity (Wildman–Crippen MR) is 70.8 cm³/mol. The van der Waals surface area contributed by atoms with Crippen molar-refractivity contribution in [3.05, 3.63) is 46.7 Å². The fraction of sp³-hybridized carbons (Fsp3) is 0.385. The molecule has 1 heterocycles. The van der Waals surface area contributed by atoms with Gasteiger partial charge in [-0.15, -0.1) is 5.10 Å². The maximum atomic E-state index is 15.2. The van der Waals surface area contributed by atoms with Gasteiger partial charge in [0.15, 0.2) is 5.67 Å². The van der Waals surface area contributed by atoms with Crippen molar-refractivity contribution in [2.24, 2.45) is 0 Å². The molecule has 2 aromatic rings. The van der Waals surface area contributed by atoms with E-state index >= 15 is 4.39 Å². The van der Waals surface area contributed by atoms with Gasteiger partial charge < -0.3 is 4.74 Å². The highest BCUT2D eigenvalue weighted by atomic mass is 35.5. The summed E-state index contributed by atoms with van der Waals surface area (Å²) in [5, 5.41) is 10.6. The largest absolute Gasteiger partial charge is 0.378 e. The third-order valence-electron chi connectivity index (χ3n) is 2.83. The van der Waals surface area contributed by atoms with Crippen molar-refractivity contribution in [1.29, 1.82) is 0 Å². The highest BCUT2D eigenvalue weighted by Gasteiger charge is 2.33. The summed E-state index contributed by atoms with van der Waals surface area (Å²) in [4.78, 5) is 0. The molecule has 1 aromatic heterocycles. The van der Waals surface area contributed by atoms with Gasteiger partial charge in [0.05, 0.1) is 12.3 Å². The van der Waals surface area contributed by atoms with E-state index in [1.165, 1.54) is 0 Å². The topological polar surface area (TPSA) is 50.8 Å². The van der Waals surface area contributed by atoms with Gasteiger partial charge in [-0.3, -0.25) is 5.10 Å². The normalized spacial score (nSPS) is 14.3. The second kappa shape index (κ2) is 6.12. The molecule has 0 aliphatic heterocycles. The van der Waals surface area contributed by atoms with E-state index in [0.717, 1.165) is 0 Å². The summed E-state index contributed by atoms with van der Waals surface area (Å²) in [5.74, 6) is 0. The zero-order valence-electron chi connectivity index (χ0n) is 10.6. The van der Waals surface area contributed by atoms with Crippen LogP contribution in [0.5, 0.6) is 0 Å². The molecule has 0 aliphatic carbocycles. The Kier molecular flexibility index (Phi) is 4.50. The van der Waals surface area contributed by atoms with Gasteiger partial charge in [0.2, 0.25) is 0 Å². The molecule has 0 aliphatic rings. The van der Waals surface area contributed by atoms with Crippen LogP contribution < -0.4 is 0 Å². The molecule has 0 fully saturated rings. The Bertz CT molecular complexity index is 503. The van der Waals surface area contributed by atoms with E-state index in [2.05, 4.69) is 15.4 Å². The second-order valence-electron chi connectivity index (χ2n) is 4.25. The van der Waals surface area contributed by atoms with E-state index in [1.54, 1.807) is 30.5 Å². The van der Waals surface area contributed by atoms with Crippen LogP contribution in [0.4, 0.5) is 4.39 Å². The molecular formula is C13H15ClFN3O. The summed E-state index contributed by atoms with van der Waals surface area (Å²) in [6.45, 7) is 2.26. The van der Waals surface area contributed by atoms with Crippen LogP contribution in [-0.2, 0) is 16.8 Å². The zero-order chi connectivity index (χ0) is 13.7. The summed E-state index contributed by atoms with van der Waals surface area (Å²) in [6.07, 6.45) is 1.68. The Morgan fingerprint density at radius 1 is 1.37 bits per heavy atom. The maximum absolute atomic E-state index is 15.2. The quantitative estimate of drug-likeness (QED) is 0.887. The van der Waals surface area contributed by atoms with Gasteiger partial charge in [0.1, 0.15) is 0 Å². The minimum Gasteiger partial charge on any atom is -0.378 e. The van der Waals surface area contributed by atoms with Crippen LogP contribution in [0.3, 0.4) is 0 Å². The molecule has 19 heavy (non-hydrogen) atoms. The number of ether oxygens (including phenoxy) is 1. The van der Waals surface area contributed by atoms with Crippen molar-refractivity contribution < 1.29 is 9.13 Å². The molecule has 0 bridgehead atoms. The molecule has 1 atom stereocenters. The average molecular weight is 284 g/mol. The van der Waals surface area contributed by atoms with Crippen LogP contribution in [0.15, 0.2) is 30.5 Å². The lowest BCUT2D eigenvalue weighted by Gasteiger charge is -2.24. The lowest BCUT2D eigenvalue weighted by atomic mass is 9.92. The fourth-order valence-corrected chi connectivity index (χ4v) is 1.97. The molecule has 1 N–H and O–H groups in total. The van der Waals surface area contributed by atoms with E-state index in [-0.39, 0.29) is 13.0 Å². The van der Waals surface area contributed by atoms with Gasteiger partial charge in [-0.05, 0) is 24.6 Å². The number of benzene rings is 1. The molecule has 0 radical (unpaired) electrons. The standard InChI is InChI=1S/C13H15ClFN3O/c1-2-19-9-13(15,7-12-8-16-18-17-12)10-3-5-11(14)6-4-10/h3-6,8H,2,7,9H2,1H3,(H,16,17,18). The molecule has 0 saturated heterocycles. The molecule has 6 heteroatoms. The van der Waals surface area contributed by atoms with Gasteiger partial charge in [-0.25, -0.2) is 4.39 Å². The molecule has 0 spiro atoms. The number of halogens is 2. The smallest absolute Gasteiger partial charge is 0.164 e. The first kappa shape index (κ1) is 14.0. The number of nitrogens with zero attached hydrogens (tertiary/aromatic N) is 2. The van der Waals surface area contributed by atoms with Gasteiger partial charge >= 0.3 is 0 Å². The summed E-state index contributed by atoms with van der Waals surface area (Å²) in [6, 6.07) is 6.67. The number of nitrogens with one attached hydrogen (secondary N) is 1. The highest BCUT2D eigenvalue weighted by molar-refractivity contribution is 6.30. The van der Waals surface area contributed by atoms with Crippen molar-refractivity contribution in [2.45, 2.75) is 19.0 Å². The van der Waals surface area contributed by atoms with Gasteiger partial charge in [0, 0.05) is 24.2 Å². The van der Waals surface area contributed by atoms with E-state index < -0.39 is 5.67 Å². The van der Waals surface area contributed by atoms with Crippen molar-refractivity contribution in [1.82, 2.24) is 15.4 Å². The minimum atomic E-state index is -1.64. The minimum absolute atomic E-state index is 0.0298. The second-order valence-corrected chi connectivity index (χ2v) is 4.69. The SMILES string of the molecule is CCOCC(F)(Cc1c[nH]nn1)c1ccc(Cl)cc1. The van der Waals surface area contributed by atoms with Crippen LogP contribution in [-0.4, -0.2) is 28.6 Å².